The van der Waals surface area contributed by atoms with Crippen molar-refractivity contribution in [3.63, 3.8) is 0 Å². The van der Waals surface area contributed by atoms with E-state index in [0.29, 0.717) is 5.75 Å². The molecule has 0 saturated heterocycles. The molecule has 0 aliphatic carbocycles. The largest absolute Gasteiger partial charge is 0.496 e. The van der Waals surface area contributed by atoms with Gasteiger partial charge in [-0.25, -0.2) is 0 Å². The maximum atomic E-state index is 12.1. The Balaban J connectivity index is 2.99. The van der Waals surface area contributed by atoms with E-state index in [2.05, 4.69) is 5.32 Å². The summed E-state index contributed by atoms with van der Waals surface area (Å²) in [6.07, 6.45) is 1.80. The van der Waals surface area contributed by atoms with Gasteiger partial charge in [-0.2, -0.15) is 0 Å². The van der Waals surface area contributed by atoms with E-state index in [-0.39, 0.29) is 23.2 Å². The molecule has 0 aromatic heterocycles. The van der Waals surface area contributed by atoms with E-state index in [0.717, 1.165) is 12.8 Å². The van der Waals surface area contributed by atoms with Crippen LogP contribution in [0.2, 0.25) is 0 Å². The fourth-order valence-electron chi connectivity index (χ4n) is 1.79. The fraction of sp³-hybridized carbons (Fsp3) is 0.462. The first-order chi connectivity index (χ1) is 8.99. The highest BCUT2D eigenvalue weighted by molar-refractivity contribution is 5.97. The average Bonchev–Trinajstić information content (AvgIpc) is 2.37. The molecule has 0 aliphatic rings. The Bertz CT molecular complexity index is 474. The van der Waals surface area contributed by atoms with Gasteiger partial charge in [0.1, 0.15) is 5.75 Å². The van der Waals surface area contributed by atoms with Crippen LogP contribution in [0.5, 0.6) is 5.75 Å². The van der Waals surface area contributed by atoms with Crippen LogP contribution in [0.3, 0.4) is 0 Å². The van der Waals surface area contributed by atoms with E-state index in [9.17, 15) is 14.9 Å². The van der Waals surface area contributed by atoms with E-state index in [1.54, 1.807) is 0 Å². The van der Waals surface area contributed by atoms with Crippen molar-refractivity contribution < 1.29 is 14.5 Å². The van der Waals surface area contributed by atoms with Gasteiger partial charge in [0.15, 0.2) is 0 Å². The van der Waals surface area contributed by atoms with Gasteiger partial charge in [-0.05, 0) is 19.4 Å². The number of non-ortho nitro benzene ring substituents is 1. The monoisotopic (exact) mass is 266 g/mol. The lowest BCUT2D eigenvalue weighted by molar-refractivity contribution is -0.384. The summed E-state index contributed by atoms with van der Waals surface area (Å²) in [7, 11) is 1.42. The molecule has 1 aromatic carbocycles. The number of hydrogen-bond donors (Lipinski definition) is 1. The van der Waals surface area contributed by atoms with Crippen LogP contribution in [-0.2, 0) is 0 Å². The molecule has 0 aliphatic heterocycles. The molecule has 1 amide bonds. The molecular formula is C13H18N2O4. The van der Waals surface area contributed by atoms with Crippen molar-refractivity contribution in [3.05, 3.63) is 33.9 Å². The minimum absolute atomic E-state index is 0.0152. The normalized spacial score (nSPS) is 11.7. The lowest BCUT2D eigenvalue weighted by atomic mass is 10.1. The van der Waals surface area contributed by atoms with E-state index in [4.69, 9.17) is 4.74 Å². The first-order valence-corrected chi connectivity index (χ1v) is 6.12. The highest BCUT2D eigenvalue weighted by Gasteiger charge is 2.18. The summed E-state index contributed by atoms with van der Waals surface area (Å²) in [6.45, 7) is 3.92. The Labute approximate surface area is 111 Å². The number of nitrogens with zero attached hydrogens (tertiary/aromatic N) is 1. The van der Waals surface area contributed by atoms with Gasteiger partial charge in [0.2, 0.25) is 0 Å². The maximum absolute atomic E-state index is 12.1. The SMILES string of the molecule is CCCC(C)NC(=O)c1cc([N+](=O)[O-])ccc1OC. The predicted molar refractivity (Wildman–Crippen MR) is 71.5 cm³/mol. The van der Waals surface area contributed by atoms with Crippen LogP contribution >= 0.6 is 0 Å². The Morgan fingerprint density at radius 1 is 1.53 bits per heavy atom. The molecule has 104 valence electrons. The van der Waals surface area contributed by atoms with E-state index in [1.165, 1.54) is 25.3 Å². The number of benzene rings is 1. The molecule has 0 saturated carbocycles. The first-order valence-electron chi connectivity index (χ1n) is 6.12. The minimum Gasteiger partial charge on any atom is -0.496 e. The Hall–Kier alpha value is -2.11. The molecule has 1 aromatic rings. The Kier molecular flexibility index (Phi) is 5.29. The van der Waals surface area contributed by atoms with Crippen molar-refractivity contribution >= 4 is 11.6 Å². The quantitative estimate of drug-likeness (QED) is 0.633. The van der Waals surface area contributed by atoms with Crippen LogP contribution < -0.4 is 10.1 Å². The Morgan fingerprint density at radius 3 is 2.74 bits per heavy atom. The lowest BCUT2D eigenvalue weighted by Crippen LogP contribution is -2.32. The van der Waals surface area contributed by atoms with E-state index >= 15 is 0 Å². The minimum atomic E-state index is -0.536. The predicted octanol–water partition coefficient (Wildman–Crippen LogP) is 2.52. The second kappa shape index (κ2) is 6.72. The van der Waals surface area contributed by atoms with Gasteiger partial charge < -0.3 is 10.1 Å². The number of rotatable bonds is 6. The third-order valence-electron chi connectivity index (χ3n) is 2.74. The van der Waals surface area contributed by atoms with Crippen LogP contribution in [0.1, 0.15) is 37.0 Å². The summed E-state index contributed by atoms with van der Waals surface area (Å²) >= 11 is 0. The second-order valence-corrected chi connectivity index (χ2v) is 4.30. The maximum Gasteiger partial charge on any atom is 0.270 e. The molecule has 0 radical (unpaired) electrons. The molecule has 6 heteroatoms. The molecule has 0 fully saturated rings. The van der Waals surface area contributed by atoms with Crippen molar-refractivity contribution in [2.24, 2.45) is 0 Å². The van der Waals surface area contributed by atoms with Crippen LogP contribution in [0.25, 0.3) is 0 Å². The summed E-state index contributed by atoms with van der Waals surface area (Å²) < 4.78 is 5.06. The molecule has 19 heavy (non-hydrogen) atoms. The molecule has 1 atom stereocenters. The summed E-state index contributed by atoms with van der Waals surface area (Å²) in [5.74, 6) is -0.0340. The molecule has 1 unspecified atom stereocenters. The summed E-state index contributed by atoms with van der Waals surface area (Å²) in [5.41, 5.74) is 0.0498. The van der Waals surface area contributed by atoms with Crippen molar-refractivity contribution in [1.82, 2.24) is 5.32 Å². The molecular weight excluding hydrogens is 248 g/mol. The summed E-state index contributed by atoms with van der Waals surface area (Å²) in [6, 6.07) is 3.98. The number of nitro benzene ring substituents is 1. The summed E-state index contributed by atoms with van der Waals surface area (Å²) in [5, 5.41) is 13.5. The number of nitro groups is 1. The lowest BCUT2D eigenvalue weighted by Gasteiger charge is -2.14. The van der Waals surface area contributed by atoms with Gasteiger partial charge in [-0.15, -0.1) is 0 Å². The van der Waals surface area contributed by atoms with Crippen molar-refractivity contribution in [1.29, 1.82) is 0 Å². The molecule has 0 spiro atoms. The van der Waals surface area contributed by atoms with Crippen LogP contribution in [0.15, 0.2) is 18.2 Å². The smallest absolute Gasteiger partial charge is 0.270 e. The van der Waals surface area contributed by atoms with Gasteiger partial charge in [-0.1, -0.05) is 13.3 Å². The first kappa shape index (κ1) is 14.9. The third-order valence-corrected chi connectivity index (χ3v) is 2.74. The molecule has 1 rings (SSSR count). The van der Waals surface area contributed by atoms with Crippen molar-refractivity contribution in [2.45, 2.75) is 32.7 Å². The van der Waals surface area contributed by atoms with Gasteiger partial charge in [0.05, 0.1) is 17.6 Å². The number of ether oxygens (including phenoxy) is 1. The number of nitrogens with one attached hydrogen (secondary N) is 1. The number of carbonyl (C=O) groups excluding carboxylic acids is 1. The molecule has 1 N–H and O–H groups in total. The fourth-order valence-corrected chi connectivity index (χ4v) is 1.79. The molecule has 0 heterocycles. The number of carbonyl (C=O) groups is 1. The van der Waals surface area contributed by atoms with E-state index < -0.39 is 4.92 Å². The van der Waals surface area contributed by atoms with Crippen molar-refractivity contribution in [2.75, 3.05) is 7.11 Å². The number of amides is 1. The standard InChI is InChI=1S/C13H18N2O4/c1-4-5-9(2)14-13(16)11-8-10(15(17)18)6-7-12(11)19-3/h6-9H,4-5H2,1-3H3,(H,14,16). The zero-order chi connectivity index (χ0) is 14.4. The van der Waals surface area contributed by atoms with Crippen LogP contribution in [0, 0.1) is 10.1 Å². The van der Waals surface area contributed by atoms with Gasteiger partial charge in [0.25, 0.3) is 11.6 Å². The van der Waals surface area contributed by atoms with Gasteiger partial charge >= 0.3 is 0 Å². The zero-order valence-electron chi connectivity index (χ0n) is 11.3. The van der Waals surface area contributed by atoms with Crippen molar-refractivity contribution in [3.8, 4) is 5.75 Å². The number of hydrogen-bond acceptors (Lipinski definition) is 4. The van der Waals surface area contributed by atoms with Crippen LogP contribution in [-0.4, -0.2) is 24.0 Å². The highest BCUT2D eigenvalue weighted by atomic mass is 16.6. The molecule has 0 bridgehead atoms. The molecule has 6 nitrogen and oxygen atoms in total. The number of methoxy groups -OCH3 is 1. The van der Waals surface area contributed by atoms with Gasteiger partial charge in [0, 0.05) is 18.2 Å². The topological polar surface area (TPSA) is 81.5 Å². The third kappa shape index (κ3) is 3.94. The van der Waals surface area contributed by atoms with Gasteiger partial charge in [-0.3, -0.25) is 14.9 Å². The summed E-state index contributed by atoms with van der Waals surface area (Å²) in [4.78, 5) is 22.3. The second-order valence-electron chi connectivity index (χ2n) is 4.30. The van der Waals surface area contributed by atoms with E-state index in [1.807, 2.05) is 13.8 Å². The Morgan fingerprint density at radius 2 is 2.21 bits per heavy atom. The highest BCUT2D eigenvalue weighted by Crippen LogP contribution is 2.24. The zero-order valence-corrected chi connectivity index (χ0v) is 11.3. The average molecular weight is 266 g/mol. The van der Waals surface area contributed by atoms with Crippen LogP contribution in [0.4, 0.5) is 5.69 Å².